The van der Waals surface area contributed by atoms with Crippen LogP contribution in [-0.4, -0.2) is 5.91 Å². The first-order valence-corrected chi connectivity index (χ1v) is 6.39. The predicted octanol–water partition coefficient (Wildman–Crippen LogP) is 3.93. The minimum absolute atomic E-state index is 0.156. The fourth-order valence-corrected chi connectivity index (χ4v) is 1.93. The summed E-state index contributed by atoms with van der Waals surface area (Å²) in [6, 6.07) is 7.87. The molecule has 0 saturated heterocycles. The van der Waals surface area contributed by atoms with Gasteiger partial charge in [-0.3, -0.25) is 4.79 Å². The normalized spacial score (nSPS) is 10.4. The third kappa shape index (κ3) is 2.91. The monoisotopic (exact) mass is 292 g/mol. The predicted molar refractivity (Wildman–Crippen MR) is 79.7 cm³/mol. The Bertz CT molecular complexity index is 663. The fourth-order valence-electron chi connectivity index (χ4n) is 1.76. The average molecular weight is 293 g/mol. The molecule has 0 spiro atoms. The van der Waals surface area contributed by atoms with Crippen LogP contribution in [0.2, 0.25) is 5.02 Å². The topological polar surface area (TPSA) is 55.1 Å². The molecule has 0 saturated carbocycles. The highest BCUT2D eigenvalue weighted by Crippen LogP contribution is 2.24. The van der Waals surface area contributed by atoms with E-state index in [9.17, 15) is 9.18 Å². The van der Waals surface area contributed by atoms with Crippen LogP contribution in [0.1, 0.15) is 21.5 Å². The lowest BCUT2D eigenvalue weighted by Crippen LogP contribution is -2.13. The summed E-state index contributed by atoms with van der Waals surface area (Å²) in [4.78, 5) is 12.1. The molecule has 0 fully saturated rings. The molecule has 0 bridgehead atoms. The lowest BCUT2D eigenvalue weighted by atomic mass is 10.1. The molecule has 1 amide bonds. The molecule has 2 rings (SSSR count). The molecule has 0 heterocycles. The van der Waals surface area contributed by atoms with Gasteiger partial charge in [0.15, 0.2) is 0 Å². The van der Waals surface area contributed by atoms with Crippen LogP contribution in [0, 0.1) is 19.7 Å². The maximum absolute atomic E-state index is 13.6. The van der Waals surface area contributed by atoms with Gasteiger partial charge in [0.2, 0.25) is 0 Å². The molecule has 0 aromatic heterocycles. The first kappa shape index (κ1) is 14.3. The van der Waals surface area contributed by atoms with E-state index in [4.69, 9.17) is 17.3 Å². The van der Waals surface area contributed by atoms with E-state index in [2.05, 4.69) is 5.32 Å². The van der Waals surface area contributed by atoms with Gasteiger partial charge in [0.05, 0.1) is 10.7 Å². The third-order valence-corrected chi connectivity index (χ3v) is 3.35. The standard InChI is InChI=1S/C15H14ClFN2O/c1-8-3-4-11(16)14(5-8)19-15(20)10-6-12(17)9(2)13(18)7-10/h3-7H,18H2,1-2H3,(H,19,20). The Morgan fingerprint density at radius 1 is 1.25 bits per heavy atom. The molecule has 0 aliphatic carbocycles. The first-order valence-electron chi connectivity index (χ1n) is 6.01. The molecule has 20 heavy (non-hydrogen) atoms. The number of nitrogen functional groups attached to an aromatic ring is 1. The van der Waals surface area contributed by atoms with Crippen molar-refractivity contribution in [2.45, 2.75) is 13.8 Å². The van der Waals surface area contributed by atoms with Crippen molar-refractivity contribution in [3.63, 3.8) is 0 Å². The summed E-state index contributed by atoms with van der Waals surface area (Å²) < 4.78 is 13.6. The molecule has 0 aliphatic rings. The summed E-state index contributed by atoms with van der Waals surface area (Å²) in [5, 5.41) is 3.07. The van der Waals surface area contributed by atoms with Gasteiger partial charge in [-0.1, -0.05) is 17.7 Å². The van der Waals surface area contributed by atoms with Crippen molar-refractivity contribution in [3.8, 4) is 0 Å². The van der Waals surface area contributed by atoms with Gasteiger partial charge in [0, 0.05) is 16.8 Å². The minimum Gasteiger partial charge on any atom is -0.398 e. The zero-order valence-corrected chi connectivity index (χ0v) is 11.9. The zero-order chi connectivity index (χ0) is 14.9. The van der Waals surface area contributed by atoms with E-state index in [1.807, 2.05) is 13.0 Å². The number of hydrogen-bond donors (Lipinski definition) is 2. The van der Waals surface area contributed by atoms with Crippen molar-refractivity contribution in [1.82, 2.24) is 0 Å². The number of nitrogens with two attached hydrogens (primary N) is 1. The minimum atomic E-state index is -0.509. The maximum atomic E-state index is 13.6. The molecule has 5 heteroatoms. The van der Waals surface area contributed by atoms with Crippen molar-refractivity contribution in [2.24, 2.45) is 0 Å². The van der Waals surface area contributed by atoms with Crippen LogP contribution in [0.4, 0.5) is 15.8 Å². The summed E-state index contributed by atoms with van der Waals surface area (Å²) in [5.41, 5.74) is 7.83. The van der Waals surface area contributed by atoms with Crippen molar-refractivity contribution >= 4 is 28.9 Å². The highest BCUT2D eigenvalue weighted by Gasteiger charge is 2.12. The SMILES string of the molecule is Cc1ccc(Cl)c(NC(=O)c2cc(N)c(C)c(F)c2)c1. The van der Waals surface area contributed by atoms with Crippen molar-refractivity contribution < 1.29 is 9.18 Å². The Kier molecular flexibility index (Phi) is 3.95. The van der Waals surface area contributed by atoms with E-state index in [1.165, 1.54) is 6.07 Å². The molecular weight excluding hydrogens is 279 g/mol. The van der Waals surface area contributed by atoms with E-state index >= 15 is 0 Å². The summed E-state index contributed by atoms with van der Waals surface area (Å²) >= 11 is 6.00. The number of rotatable bonds is 2. The quantitative estimate of drug-likeness (QED) is 0.824. The second kappa shape index (κ2) is 5.51. The summed E-state index contributed by atoms with van der Waals surface area (Å²) in [6.07, 6.45) is 0. The molecule has 0 atom stereocenters. The maximum Gasteiger partial charge on any atom is 0.255 e. The summed E-state index contributed by atoms with van der Waals surface area (Å²) in [6.45, 7) is 3.44. The van der Waals surface area contributed by atoms with E-state index in [0.717, 1.165) is 11.6 Å². The Morgan fingerprint density at radius 3 is 2.60 bits per heavy atom. The Hall–Kier alpha value is -2.07. The molecule has 104 valence electrons. The number of hydrogen-bond acceptors (Lipinski definition) is 2. The summed E-state index contributed by atoms with van der Waals surface area (Å²) in [5.74, 6) is -0.964. The Balaban J connectivity index is 2.31. The van der Waals surface area contributed by atoms with Crippen LogP contribution in [-0.2, 0) is 0 Å². The van der Waals surface area contributed by atoms with E-state index < -0.39 is 11.7 Å². The first-order chi connectivity index (χ1) is 9.38. The number of aryl methyl sites for hydroxylation is 1. The summed E-state index contributed by atoms with van der Waals surface area (Å²) in [7, 11) is 0. The largest absolute Gasteiger partial charge is 0.398 e. The molecule has 0 unspecified atom stereocenters. The molecule has 0 radical (unpaired) electrons. The molecule has 2 aromatic carbocycles. The van der Waals surface area contributed by atoms with Crippen molar-refractivity contribution in [1.29, 1.82) is 0 Å². The number of halogens is 2. The molecular formula is C15H14ClFN2O. The van der Waals surface area contributed by atoms with Gasteiger partial charge in [-0.25, -0.2) is 4.39 Å². The van der Waals surface area contributed by atoms with E-state index in [0.29, 0.717) is 16.3 Å². The Morgan fingerprint density at radius 2 is 1.95 bits per heavy atom. The van der Waals surface area contributed by atoms with Crippen LogP contribution in [0.5, 0.6) is 0 Å². The number of anilines is 2. The van der Waals surface area contributed by atoms with Crippen LogP contribution < -0.4 is 11.1 Å². The fraction of sp³-hybridized carbons (Fsp3) is 0.133. The number of carbonyl (C=O) groups excluding carboxylic acids is 1. The lowest BCUT2D eigenvalue weighted by molar-refractivity contribution is 0.102. The van der Waals surface area contributed by atoms with Gasteiger partial charge in [-0.05, 0) is 43.7 Å². The van der Waals surface area contributed by atoms with Crippen LogP contribution in [0.3, 0.4) is 0 Å². The number of carbonyl (C=O) groups is 1. The Labute approximate surface area is 121 Å². The molecule has 3 nitrogen and oxygen atoms in total. The van der Waals surface area contributed by atoms with Crippen LogP contribution in [0.25, 0.3) is 0 Å². The number of amides is 1. The highest BCUT2D eigenvalue weighted by atomic mass is 35.5. The smallest absolute Gasteiger partial charge is 0.255 e. The zero-order valence-electron chi connectivity index (χ0n) is 11.1. The van der Waals surface area contributed by atoms with E-state index in [1.54, 1.807) is 19.1 Å². The van der Waals surface area contributed by atoms with Gasteiger partial charge in [-0.2, -0.15) is 0 Å². The molecule has 3 N–H and O–H groups in total. The molecule has 0 aliphatic heterocycles. The molecule has 2 aromatic rings. The van der Waals surface area contributed by atoms with Gasteiger partial charge >= 0.3 is 0 Å². The second-order valence-electron chi connectivity index (χ2n) is 4.61. The lowest BCUT2D eigenvalue weighted by Gasteiger charge is -2.10. The van der Waals surface area contributed by atoms with Crippen LogP contribution >= 0.6 is 11.6 Å². The van der Waals surface area contributed by atoms with Gasteiger partial charge < -0.3 is 11.1 Å². The van der Waals surface area contributed by atoms with Crippen molar-refractivity contribution in [2.75, 3.05) is 11.1 Å². The van der Waals surface area contributed by atoms with Crippen molar-refractivity contribution in [3.05, 3.63) is 57.9 Å². The second-order valence-corrected chi connectivity index (χ2v) is 5.02. The number of benzene rings is 2. The number of nitrogens with one attached hydrogen (secondary N) is 1. The van der Waals surface area contributed by atoms with Gasteiger partial charge in [0.1, 0.15) is 5.82 Å². The van der Waals surface area contributed by atoms with E-state index in [-0.39, 0.29) is 11.3 Å². The van der Waals surface area contributed by atoms with Gasteiger partial charge in [-0.15, -0.1) is 0 Å². The average Bonchev–Trinajstić information content (AvgIpc) is 2.39. The van der Waals surface area contributed by atoms with Crippen LogP contribution in [0.15, 0.2) is 30.3 Å². The third-order valence-electron chi connectivity index (χ3n) is 3.02. The van der Waals surface area contributed by atoms with Gasteiger partial charge in [0.25, 0.3) is 5.91 Å². The highest BCUT2D eigenvalue weighted by molar-refractivity contribution is 6.34.